The molecule has 1 heterocycles. The van der Waals surface area contributed by atoms with Crippen LogP contribution in [0.4, 0.5) is 0 Å². The summed E-state index contributed by atoms with van der Waals surface area (Å²) in [6, 6.07) is 0. The molecular formula is C11H21N3. The predicted molar refractivity (Wildman–Crippen MR) is 58.2 cm³/mol. The third-order valence-corrected chi connectivity index (χ3v) is 2.17. The van der Waals surface area contributed by atoms with Crippen LogP contribution in [-0.4, -0.2) is 15.0 Å². The summed E-state index contributed by atoms with van der Waals surface area (Å²) in [4.78, 5) is 0. The molecule has 80 valence electrons. The van der Waals surface area contributed by atoms with Gasteiger partial charge < -0.3 is 0 Å². The van der Waals surface area contributed by atoms with Gasteiger partial charge in [-0.25, -0.2) is 4.68 Å². The van der Waals surface area contributed by atoms with Crippen LogP contribution in [0.2, 0.25) is 0 Å². The van der Waals surface area contributed by atoms with Crippen LogP contribution in [0.25, 0.3) is 0 Å². The molecule has 0 aliphatic heterocycles. The fraction of sp³-hybridized carbons (Fsp3) is 0.818. The Morgan fingerprint density at radius 2 is 1.93 bits per heavy atom. The summed E-state index contributed by atoms with van der Waals surface area (Å²) in [5.74, 6) is 0. The van der Waals surface area contributed by atoms with Gasteiger partial charge in [-0.2, -0.15) is 0 Å². The summed E-state index contributed by atoms with van der Waals surface area (Å²) in [6.45, 7) is 11.9. The maximum Gasteiger partial charge on any atom is 0.0828 e. The van der Waals surface area contributed by atoms with E-state index in [1.54, 1.807) is 0 Å². The van der Waals surface area contributed by atoms with E-state index < -0.39 is 0 Å². The van der Waals surface area contributed by atoms with Gasteiger partial charge in [-0.05, 0) is 25.2 Å². The summed E-state index contributed by atoms with van der Waals surface area (Å²) in [6.07, 6.45) is 2.16. The van der Waals surface area contributed by atoms with E-state index in [1.807, 2.05) is 11.6 Å². The largest absolute Gasteiger partial charge is 0.249 e. The summed E-state index contributed by atoms with van der Waals surface area (Å²) >= 11 is 0. The van der Waals surface area contributed by atoms with Crippen LogP contribution in [0, 0.1) is 12.3 Å². The van der Waals surface area contributed by atoms with Crippen molar-refractivity contribution in [3.05, 3.63) is 11.4 Å². The summed E-state index contributed by atoms with van der Waals surface area (Å²) in [5.41, 5.74) is 2.67. The lowest BCUT2D eigenvalue weighted by Crippen LogP contribution is -2.15. The fourth-order valence-corrected chi connectivity index (χ4v) is 1.53. The third-order valence-electron chi connectivity index (χ3n) is 2.17. The molecule has 0 atom stereocenters. The maximum atomic E-state index is 4.16. The topological polar surface area (TPSA) is 30.7 Å². The molecule has 0 unspecified atom stereocenters. The number of nitrogens with zero attached hydrogens (tertiary/aromatic N) is 3. The maximum absolute atomic E-state index is 4.16. The van der Waals surface area contributed by atoms with Crippen molar-refractivity contribution < 1.29 is 0 Å². The first-order valence-corrected chi connectivity index (χ1v) is 5.33. The first-order chi connectivity index (χ1) is 6.44. The number of aryl methyl sites for hydroxylation is 2. The molecule has 3 heteroatoms. The summed E-state index contributed by atoms with van der Waals surface area (Å²) in [7, 11) is 0. The molecule has 1 aromatic heterocycles. The Kier molecular flexibility index (Phi) is 3.29. The molecule has 0 aliphatic carbocycles. The monoisotopic (exact) mass is 195 g/mol. The van der Waals surface area contributed by atoms with Gasteiger partial charge in [0, 0.05) is 6.54 Å². The molecule has 0 bridgehead atoms. The number of hydrogen-bond acceptors (Lipinski definition) is 2. The SMILES string of the molecule is CCCn1nnc(C)c1CC(C)(C)C. The van der Waals surface area contributed by atoms with Gasteiger partial charge in [0.25, 0.3) is 0 Å². The lowest BCUT2D eigenvalue weighted by Gasteiger charge is -2.18. The van der Waals surface area contributed by atoms with Gasteiger partial charge in [-0.3, -0.25) is 0 Å². The molecule has 0 radical (unpaired) electrons. The van der Waals surface area contributed by atoms with E-state index >= 15 is 0 Å². The van der Waals surface area contributed by atoms with Crippen LogP contribution in [-0.2, 0) is 13.0 Å². The van der Waals surface area contributed by atoms with Crippen molar-refractivity contribution in [2.45, 2.75) is 54.0 Å². The van der Waals surface area contributed by atoms with E-state index in [1.165, 1.54) is 5.69 Å². The minimum atomic E-state index is 0.304. The van der Waals surface area contributed by atoms with Gasteiger partial charge >= 0.3 is 0 Å². The van der Waals surface area contributed by atoms with Gasteiger partial charge in [0.2, 0.25) is 0 Å². The lowest BCUT2D eigenvalue weighted by molar-refractivity contribution is 0.390. The molecule has 0 fully saturated rings. The first kappa shape index (κ1) is 11.2. The normalized spacial score (nSPS) is 12.1. The van der Waals surface area contributed by atoms with Gasteiger partial charge in [0.05, 0.1) is 11.4 Å². The van der Waals surface area contributed by atoms with Crippen molar-refractivity contribution in [1.82, 2.24) is 15.0 Å². The van der Waals surface area contributed by atoms with Gasteiger partial charge in [0.1, 0.15) is 0 Å². The van der Waals surface area contributed by atoms with E-state index in [4.69, 9.17) is 0 Å². The number of aromatic nitrogens is 3. The van der Waals surface area contributed by atoms with Crippen molar-refractivity contribution in [1.29, 1.82) is 0 Å². The standard InChI is InChI=1S/C11H21N3/c1-6-7-14-10(8-11(3,4)5)9(2)12-13-14/h6-8H2,1-5H3. The van der Waals surface area contributed by atoms with Crippen molar-refractivity contribution >= 4 is 0 Å². The number of rotatable bonds is 3. The Balaban J connectivity index is 2.88. The third kappa shape index (κ3) is 2.82. The Hall–Kier alpha value is -0.860. The van der Waals surface area contributed by atoms with Crippen LogP contribution in [0.5, 0.6) is 0 Å². The van der Waals surface area contributed by atoms with Gasteiger partial charge in [-0.1, -0.05) is 32.9 Å². The zero-order chi connectivity index (χ0) is 10.8. The highest BCUT2D eigenvalue weighted by Crippen LogP contribution is 2.21. The van der Waals surface area contributed by atoms with Crippen LogP contribution in [0.15, 0.2) is 0 Å². The number of hydrogen-bond donors (Lipinski definition) is 0. The van der Waals surface area contributed by atoms with Crippen molar-refractivity contribution in [3.63, 3.8) is 0 Å². The van der Waals surface area contributed by atoms with E-state index in [9.17, 15) is 0 Å². The van der Waals surface area contributed by atoms with E-state index in [-0.39, 0.29) is 0 Å². The highest BCUT2D eigenvalue weighted by atomic mass is 15.4. The summed E-state index contributed by atoms with van der Waals surface area (Å²) < 4.78 is 2.04. The highest BCUT2D eigenvalue weighted by molar-refractivity contribution is 5.09. The molecule has 0 saturated heterocycles. The Bertz CT molecular complexity index is 294. The predicted octanol–water partition coefficient (Wildman–Crippen LogP) is 2.59. The second-order valence-electron chi connectivity index (χ2n) is 5.08. The van der Waals surface area contributed by atoms with Crippen LogP contribution < -0.4 is 0 Å². The second kappa shape index (κ2) is 4.11. The Morgan fingerprint density at radius 1 is 1.29 bits per heavy atom. The zero-order valence-corrected chi connectivity index (χ0v) is 9.96. The molecule has 0 aliphatic rings. The fourth-order valence-electron chi connectivity index (χ4n) is 1.53. The quantitative estimate of drug-likeness (QED) is 0.742. The van der Waals surface area contributed by atoms with Gasteiger partial charge in [0.15, 0.2) is 0 Å². The Morgan fingerprint density at radius 3 is 2.43 bits per heavy atom. The van der Waals surface area contributed by atoms with E-state index in [0.29, 0.717) is 5.41 Å². The van der Waals surface area contributed by atoms with Crippen molar-refractivity contribution in [3.8, 4) is 0 Å². The van der Waals surface area contributed by atoms with Crippen LogP contribution >= 0.6 is 0 Å². The highest BCUT2D eigenvalue weighted by Gasteiger charge is 2.17. The summed E-state index contributed by atoms with van der Waals surface area (Å²) in [5, 5.41) is 8.29. The molecular weight excluding hydrogens is 174 g/mol. The minimum Gasteiger partial charge on any atom is -0.249 e. The van der Waals surface area contributed by atoms with E-state index in [0.717, 1.165) is 25.1 Å². The van der Waals surface area contributed by atoms with Crippen LogP contribution in [0.3, 0.4) is 0 Å². The van der Waals surface area contributed by atoms with E-state index in [2.05, 4.69) is 38.0 Å². The molecule has 1 aromatic rings. The van der Waals surface area contributed by atoms with Crippen molar-refractivity contribution in [2.75, 3.05) is 0 Å². The van der Waals surface area contributed by atoms with Gasteiger partial charge in [-0.15, -0.1) is 5.10 Å². The molecule has 1 rings (SSSR count). The average molecular weight is 195 g/mol. The lowest BCUT2D eigenvalue weighted by atomic mass is 9.90. The molecule has 3 nitrogen and oxygen atoms in total. The average Bonchev–Trinajstić information content (AvgIpc) is 2.34. The molecule has 14 heavy (non-hydrogen) atoms. The second-order valence-corrected chi connectivity index (χ2v) is 5.08. The smallest absolute Gasteiger partial charge is 0.0828 e. The minimum absolute atomic E-state index is 0.304. The zero-order valence-electron chi connectivity index (χ0n) is 9.96. The first-order valence-electron chi connectivity index (χ1n) is 5.33. The molecule has 0 saturated carbocycles. The van der Waals surface area contributed by atoms with Crippen LogP contribution in [0.1, 0.15) is 45.5 Å². The molecule has 0 aromatic carbocycles. The van der Waals surface area contributed by atoms with Crippen molar-refractivity contribution in [2.24, 2.45) is 5.41 Å². The molecule has 0 spiro atoms. The molecule has 0 amide bonds. The Labute approximate surface area is 86.5 Å². The molecule has 0 N–H and O–H groups in total.